The molecule has 4 aromatic rings. The molecule has 0 unspecified atom stereocenters. The molecule has 0 aliphatic rings. The number of aromatic nitrogens is 5. The molecule has 12 heteroatoms. The second kappa shape index (κ2) is 9.09. The first-order valence-electron chi connectivity index (χ1n) is 8.95. The van der Waals surface area contributed by atoms with Crippen LogP contribution in [-0.4, -0.2) is 42.5 Å². The molecule has 2 heterocycles. The summed E-state index contributed by atoms with van der Waals surface area (Å²) in [6.45, 7) is 0. The summed E-state index contributed by atoms with van der Waals surface area (Å²) in [7, 11) is 0. The predicted molar refractivity (Wildman–Crippen MR) is 113 cm³/mol. The summed E-state index contributed by atoms with van der Waals surface area (Å²) in [6, 6.07) is 16.0. The summed E-state index contributed by atoms with van der Waals surface area (Å²) < 4.78 is 5.97. The van der Waals surface area contributed by atoms with Crippen molar-refractivity contribution in [2.45, 2.75) is 10.6 Å². The number of phenols is 1. The van der Waals surface area contributed by atoms with E-state index in [1.54, 1.807) is 12.1 Å². The molecule has 0 saturated heterocycles. The van der Waals surface area contributed by atoms with Crippen molar-refractivity contribution in [3.63, 3.8) is 0 Å². The van der Waals surface area contributed by atoms with Gasteiger partial charge >= 0.3 is 0 Å². The number of anilines is 1. The van der Waals surface area contributed by atoms with Crippen molar-refractivity contribution in [3.8, 4) is 11.6 Å². The maximum atomic E-state index is 12.7. The first-order valence-corrected chi connectivity index (χ1v) is 9.93. The van der Waals surface area contributed by atoms with Crippen LogP contribution in [0.4, 0.5) is 5.82 Å². The molecule has 0 saturated carbocycles. The highest BCUT2D eigenvalue weighted by Crippen LogP contribution is 2.25. The standard InChI is InChI=1S/C19H16N8O3S/c20-17-18(25-30-24-17)27-15(11-31-14-4-2-1-3-5-14)16(22-26-27)19(29)23-21-10-12-6-8-13(28)9-7-12/h1-10,28H,11H2,(H2,20,24)(H,23,29)/b21-10-. The minimum Gasteiger partial charge on any atom is -0.508 e. The van der Waals surface area contributed by atoms with E-state index >= 15 is 0 Å². The van der Waals surface area contributed by atoms with E-state index in [1.807, 2.05) is 30.3 Å². The van der Waals surface area contributed by atoms with E-state index in [4.69, 9.17) is 5.73 Å². The first kappa shape index (κ1) is 20.1. The van der Waals surface area contributed by atoms with E-state index < -0.39 is 5.91 Å². The second-order valence-corrected chi connectivity index (χ2v) is 7.21. The highest BCUT2D eigenvalue weighted by Gasteiger charge is 2.23. The number of thioether (sulfide) groups is 1. The number of amides is 1. The minimum atomic E-state index is -0.556. The molecule has 0 atom stereocenters. The van der Waals surface area contributed by atoms with Crippen molar-refractivity contribution >= 4 is 29.7 Å². The van der Waals surface area contributed by atoms with Gasteiger partial charge < -0.3 is 10.8 Å². The van der Waals surface area contributed by atoms with Crippen molar-refractivity contribution < 1.29 is 14.5 Å². The van der Waals surface area contributed by atoms with Crippen LogP contribution in [0.5, 0.6) is 5.75 Å². The number of carbonyl (C=O) groups excluding carboxylic acids is 1. The molecule has 2 aromatic heterocycles. The van der Waals surface area contributed by atoms with Gasteiger partial charge in [-0.25, -0.2) is 10.1 Å². The number of phenolic OH excluding ortho intramolecular Hbond substituents is 1. The van der Waals surface area contributed by atoms with Crippen molar-refractivity contribution in [1.29, 1.82) is 0 Å². The fourth-order valence-electron chi connectivity index (χ4n) is 2.56. The van der Waals surface area contributed by atoms with Crippen LogP contribution in [0, 0.1) is 0 Å². The zero-order chi connectivity index (χ0) is 21.6. The quantitative estimate of drug-likeness (QED) is 0.224. The van der Waals surface area contributed by atoms with Crippen LogP contribution in [0.15, 0.2) is 69.2 Å². The van der Waals surface area contributed by atoms with Gasteiger partial charge in [0.25, 0.3) is 5.91 Å². The largest absolute Gasteiger partial charge is 0.508 e. The predicted octanol–water partition coefficient (Wildman–Crippen LogP) is 1.99. The summed E-state index contributed by atoms with van der Waals surface area (Å²) in [6.07, 6.45) is 1.44. The highest BCUT2D eigenvalue weighted by atomic mass is 32.2. The van der Waals surface area contributed by atoms with Gasteiger partial charge in [0.05, 0.1) is 11.9 Å². The SMILES string of the molecule is Nc1nonc1-n1nnc(C(=O)N/N=C\c2ccc(O)cc2)c1CSc1ccccc1. The van der Waals surface area contributed by atoms with Crippen LogP contribution in [0.2, 0.25) is 0 Å². The fourth-order valence-corrected chi connectivity index (χ4v) is 3.47. The third-order valence-corrected chi connectivity index (χ3v) is 5.09. The van der Waals surface area contributed by atoms with Crippen LogP contribution < -0.4 is 11.2 Å². The van der Waals surface area contributed by atoms with Gasteiger partial charge in [-0.15, -0.1) is 16.9 Å². The van der Waals surface area contributed by atoms with Crippen LogP contribution in [0.3, 0.4) is 0 Å². The lowest BCUT2D eigenvalue weighted by atomic mass is 10.2. The zero-order valence-corrected chi connectivity index (χ0v) is 16.7. The monoisotopic (exact) mass is 436 g/mol. The Morgan fingerprint density at radius 3 is 2.68 bits per heavy atom. The van der Waals surface area contributed by atoms with Crippen molar-refractivity contribution in [2.75, 3.05) is 5.73 Å². The van der Waals surface area contributed by atoms with Crippen molar-refractivity contribution in [2.24, 2.45) is 5.10 Å². The van der Waals surface area contributed by atoms with Gasteiger partial charge in [0.2, 0.25) is 11.6 Å². The second-order valence-electron chi connectivity index (χ2n) is 6.16. The van der Waals surface area contributed by atoms with Crippen LogP contribution in [0.25, 0.3) is 5.82 Å². The summed E-state index contributed by atoms with van der Waals surface area (Å²) in [4.78, 5) is 13.7. The van der Waals surface area contributed by atoms with Gasteiger partial charge in [0.1, 0.15) is 5.75 Å². The Bertz CT molecular complexity index is 1200. The van der Waals surface area contributed by atoms with Gasteiger partial charge in [-0.05, 0) is 52.3 Å². The smallest absolute Gasteiger partial charge is 0.293 e. The Morgan fingerprint density at radius 2 is 1.97 bits per heavy atom. The van der Waals surface area contributed by atoms with Crippen LogP contribution in [0.1, 0.15) is 21.7 Å². The normalized spacial score (nSPS) is 11.1. The number of hydrazone groups is 1. The van der Waals surface area contributed by atoms with Gasteiger partial charge in [0, 0.05) is 10.6 Å². The topological polar surface area (TPSA) is 157 Å². The van der Waals surface area contributed by atoms with Crippen molar-refractivity contribution in [3.05, 3.63) is 71.5 Å². The average Bonchev–Trinajstić information content (AvgIpc) is 3.40. The molecule has 0 aliphatic carbocycles. The van der Waals surface area contributed by atoms with E-state index in [0.717, 1.165) is 4.90 Å². The van der Waals surface area contributed by atoms with E-state index in [-0.39, 0.29) is 23.1 Å². The molecule has 31 heavy (non-hydrogen) atoms. The highest BCUT2D eigenvalue weighted by molar-refractivity contribution is 7.98. The Hall–Kier alpha value is -4.19. The fraction of sp³-hybridized carbons (Fsp3) is 0.0526. The number of hydrogen-bond donors (Lipinski definition) is 3. The summed E-state index contributed by atoms with van der Waals surface area (Å²) in [5.41, 5.74) is 9.42. The van der Waals surface area contributed by atoms with Crippen LogP contribution in [-0.2, 0) is 5.75 Å². The zero-order valence-electron chi connectivity index (χ0n) is 15.9. The Morgan fingerprint density at radius 1 is 1.19 bits per heavy atom. The van der Waals surface area contributed by atoms with Gasteiger partial charge in [-0.3, -0.25) is 4.79 Å². The third kappa shape index (κ3) is 4.70. The van der Waals surface area contributed by atoms with Crippen LogP contribution >= 0.6 is 11.8 Å². The van der Waals surface area contributed by atoms with Gasteiger partial charge in [0.15, 0.2) is 5.69 Å². The number of hydrogen-bond acceptors (Lipinski definition) is 10. The Kier molecular flexibility index (Phi) is 5.89. The molecule has 0 bridgehead atoms. The first-order chi connectivity index (χ1) is 15.1. The molecule has 4 N–H and O–H groups in total. The number of benzene rings is 2. The molecular formula is C19H16N8O3S. The maximum absolute atomic E-state index is 12.7. The van der Waals surface area contributed by atoms with E-state index in [0.29, 0.717) is 17.0 Å². The Balaban J connectivity index is 1.57. The molecule has 1 amide bonds. The molecule has 4 rings (SSSR count). The molecule has 0 radical (unpaired) electrons. The lowest BCUT2D eigenvalue weighted by Crippen LogP contribution is -2.20. The van der Waals surface area contributed by atoms with Gasteiger partial charge in [-0.2, -0.15) is 9.78 Å². The molecule has 0 fully saturated rings. The molecular weight excluding hydrogens is 420 g/mol. The average molecular weight is 436 g/mol. The summed E-state index contributed by atoms with van der Waals surface area (Å²) in [5, 5.41) is 28.5. The number of nitrogen functional groups attached to an aromatic ring is 1. The van der Waals surface area contributed by atoms with Gasteiger partial charge in [-0.1, -0.05) is 23.4 Å². The maximum Gasteiger partial charge on any atom is 0.293 e. The number of nitrogens with one attached hydrogen (secondary N) is 1. The lowest BCUT2D eigenvalue weighted by Gasteiger charge is -2.05. The number of nitrogens with two attached hydrogens (primary N) is 1. The van der Waals surface area contributed by atoms with E-state index in [9.17, 15) is 9.90 Å². The molecule has 156 valence electrons. The number of aromatic hydroxyl groups is 1. The van der Waals surface area contributed by atoms with Crippen molar-refractivity contribution in [1.82, 2.24) is 30.7 Å². The molecule has 11 nitrogen and oxygen atoms in total. The Labute approximate surface area is 179 Å². The minimum absolute atomic E-state index is 0.0215. The number of nitrogens with zero attached hydrogens (tertiary/aromatic N) is 6. The number of carbonyl (C=O) groups is 1. The molecule has 0 spiro atoms. The lowest BCUT2D eigenvalue weighted by molar-refractivity contribution is 0.0949. The third-order valence-electron chi connectivity index (χ3n) is 4.07. The molecule has 2 aromatic carbocycles. The molecule has 0 aliphatic heterocycles. The summed E-state index contributed by atoms with van der Waals surface area (Å²) >= 11 is 1.49. The van der Waals surface area contributed by atoms with E-state index in [2.05, 4.69) is 35.8 Å². The van der Waals surface area contributed by atoms with E-state index in [1.165, 1.54) is 34.8 Å². The number of rotatable bonds is 7. The summed E-state index contributed by atoms with van der Waals surface area (Å²) in [5.74, 6) is 0.101.